The topological polar surface area (TPSA) is 54.0 Å². The third-order valence-corrected chi connectivity index (χ3v) is 4.78. The van der Waals surface area contributed by atoms with Gasteiger partial charge in [-0.3, -0.25) is 4.79 Å². The maximum absolute atomic E-state index is 12.2. The number of hydrogen-bond donors (Lipinski definition) is 2. The van der Waals surface area contributed by atoms with Crippen LogP contribution in [0.25, 0.3) is 10.2 Å². The summed E-state index contributed by atoms with van der Waals surface area (Å²) in [6.07, 6.45) is 1.85. The predicted molar refractivity (Wildman–Crippen MR) is 88.9 cm³/mol. The van der Waals surface area contributed by atoms with E-state index in [9.17, 15) is 4.79 Å². The Morgan fingerprint density at radius 1 is 1.48 bits per heavy atom. The van der Waals surface area contributed by atoms with Crippen molar-refractivity contribution in [2.24, 2.45) is 5.92 Å². The number of piperidine rings is 1. The molecule has 2 N–H and O–H groups in total. The number of hydrogen-bond acceptors (Lipinski definition) is 4. The van der Waals surface area contributed by atoms with E-state index in [-0.39, 0.29) is 24.2 Å². The summed E-state index contributed by atoms with van der Waals surface area (Å²) in [6, 6.07) is 8.50. The highest BCUT2D eigenvalue weighted by Crippen LogP contribution is 2.22. The Morgan fingerprint density at radius 3 is 3.05 bits per heavy atom. The fraction of sp³-hybridized carbons (Fsp3) is 0.467. The normalized spacial score (nSPS) is 21.8. The van der Waals surface area contributed by atoms with E-state index in [0.29, 0.717) is 12.6 Å². The number of nitrogens with one attached hydrogen (secondary N) is 2. The second kappa shape index (κ2) is 7.20. The zero-order valence-electron chi connectivity index (χ0n) is 12.0. The van der Waals surface area contributed by atoms with Crippen LogP contribution in [0, 0.1) is 5.92 Å². The molecule has 0 aliphatic carbocycles. The molecule has 1 aliphatic rings. The first-order valence-electron chi connectivity index (χ1n) is 7.08. The highest BCUT2D eigenvalue weighted by Gasteiger charge is 2.24. The van der Waals surface area contributed by atoms with Crippen molar-refractivity contribution in [1.82, 2.24) is 15.6 Å². The van der Waals surface area contributed by atoms with E-state index < -0.39 is 0 Å². The lowest BCUT2D eigenvalue weighted by molar-refractivity contribution is -0.126. The SMILES string of the molecule is C[C@H]1C[C@@H](C(=O)NCc2nc3ccccc3s2)CCN1.Cl. The summed E-state index contributed by atoms with van der Waals surface area (Å²) in [5.74, 6) is 0.304. The van der Waals surface area contributed by atoms with E-state index >= 15 is 0 Å². The molecule has 0 spiro atoms. The van der Waals surface area contributed by atoms with Crippen molar-refractivity contribution < 1.29 is 4.79 Å². The van der Waals surface area contributed by atoms with Crippen molar-refractivity contribution in [1.29, 1.82) is 0 Å². The van der Waals surface area contributed by atoms with Crippen molar-refractivity contribution in [3.8, 4) is 0 Å². The maximum Gasteiger partial charge on any atom is 0.223 e. The summed E-state index contributed by atoms with van der Waals surface area (Å²) in [6.45, 7) is 3.60. The van der Waals surface area contributed by atoms with E-state index in [1.807, 2.05) is 18.2 Å². The summed E-state index contributed by atoms with van der Waals surface area (Å²) in [7, 11) is 0. The van der Waals surface area contributed by atoms with Crippen LogP contribution in [0.15, 0.2) is 24.3 Å². The second-order valence-corrected chi connectivity index (χ2v) is 6.48. The van der Waals surface area contributed by atoms with Crippen LogP contribution in [-0.2, 0) is 11.3 Å². The third kappa shape index (κ3) is 3.93. The monoisotopic (exact) mass is 325 g/mol. The summed E-state index contributed by atoms with van der Waals surface area (Å²) < 4.78 is 1.17. The van der Waals surface area contributed by atoms with Gasteiger partial charge in [-0.1, -0.05) is 12.1 Å². The molecule has 1 aromatic heterocycles. The van der Waals surface area contributed by atoms with Crippen molar-refractivity contribution in [3.63, 3.8) is 0 Å². The first kappa shape index (κ1) is 16.2. The minimum atomic E-state index is 0. The van der Waals surface area contributed by atoms with E-state index in [4.69, 9.17) is 0 Å². The van der Waals surface area contributed by atoms with Gasteiger partial charge in [-0.2, -0.15) is 0 Å². The fourth-order valence-electron chi connectivity index (χ4n) is 2.67. The fourth-order valence-corrected chi connectivity index (χ4v) is 3.58. The van der Waals surface area contributed by atoms with E-state index in [1.165, 1.54) is 4.70 Å². The lowest BCUT2D eigenvalue weighted by Gasteiger charge is -2.26. The number of fused-ring (bicyclic) bond motifs is 1. The van der Waals surface area contributed by atoms with Gasteiger partial charge in [-0.25, -0.2) is 4.98 Å². The Kier molecular flexibility index (Phi) is 5.56. The van der Waals surface area contributed by atoms with Crippen LogP contribution in [0.1, 0.15) is 24.8 Å². The van der Waals surface area contributed by atoms with Crippen LogP contribution in [0.2, 0.25) is 0 Å². The number of para-hydroxylation sites is 1. The maximum atomic E-state index is 12.2. The van der Waals surface area contributed by atoms with Crippen LogP contribution >= 0.6 is 23.7 Å². The zero-order chi connectivity index (χ0) is 13.9. The molecule has 0 saturated carbocycles. The van der Waals surface area contributed by atoms with Crippen LogP contribution in [0.3, 0.4) is 0 Å². The quantitative estimate of drug-likeness (QED) is 0.912. The largest absolute Gasteiger partial charge is 0.349 e. The summed E-state index contributed by atoms with van der Waals surface area (Å²) in [4.78, 5) is 16.7. The second-order valence-electron chi connectivity index (χ2n) is 5.37. The van der Waals surface area contributed by atoms with Crippen LogP contribution < -0.4 is 10.6 Å². The molecule has 1 saturated heterocycles. The number of halogens is 1. The lowest BCUT2D eigenvalue weighted by atomic mass is 9.92. The number of benzene rings is 1. The molecule has 0 unspecified atom stereocenters. The molecule has 0 radical (unpaired) electrons. The molecule has 6 heteroatoms. The molecular formula is C15H20ClN3OS. The summed E-state index contributed by atoms with van der Waals surface area (Å²) >= 11 is 1.65. The molecule has 4 nitrogen and oxygen atoms in total. The Morgan fingerprint density at radius 2 is 2.29 bits per heavy atom. The summed E-state index contributed by atoms with van der Waals surface area (Å²) in [5.41, 5.74) is 1.01. The van der Waals surface area contributed by atoms with Gasteiger partial charge in [0, 0.05) is 12.0 Å². The first-order valence-corrected chi connectivity index (χ1v) is 7.89. The highest BCUT2D eigenvalue weighted by atomic mass is 35.5. The lowest BCUT2D eigenvalue weighted by Crippen LogP contribution is -2.42. The molecule has 1 aliphatic heterocycles. The Balaban J connectivity index is 0.00000161. The van der Waals surface area contributed by atoms with Crippen LogP contribution in [0.5, 0.6) is 0 Å². The molecule has 1 aromatic carbocycles. The molecule has 2 atom stereocenters. The van der Waals surface area contributed by atoms with Gasteiger partial charge in [0.1, 0.15) is 5.01 Å². The number of thiazole rings is 1. The average Bonchev–Trinajstić information content (AvgIpc) is 2.87. The Bertz CT molecular complexity index is 583. The minimum Gasteiger partial charge on any atom is -0.349 e. The predicted octanol–water partition coefficient (Wildman–Crippen LogP) is 2.72. The number of aromatic nitrogens is 1. The highest BCUT2D eigenvalue weighted by molar-refractivity contribution is 7.18. The number of nitrogens with zero attached hydrogens (tertiary/aromatic N) is 1. The molecular weight excluding hydrogens is 306 g/mol. The van der Waals surface area contributed by atoms with Gasteiger partial charge in [-0.15, -0.1) is 23.7 Å². The van der Waals surface area contributed by atoms with Crippen molar-refractivity contribution >= 4 is 39.9 Å². The number of carbonyl (C=O) groups is 1. The van der Waals surface area contributed by atoms with E-state index in [2.05, 4.69) is 28.6 Å². The van der Waals surface area contributed by atoms with Crippen molar-refractivity contribution in [2.75, 3.05) is 6.54 Å². The standard InChI is InChI=1S/C15H19N3OS.ClH/c1-10-8-11(6-7-16-10)15(19)17-9-14-18-12-4-2-3-5-13(12)20-14;/h2-5,10-11,16H,6-9H2,1H3,(H,17,19);1H/t10-,11-;/m0./s1. The van der Waals surface area contributed by atoms with Gasteiger partial charge >= 0.3 is 0 Å². The van der Waals surface area contributed by atoms with Crippen LogP contribution in [-0.4, -0.2) is 23.5 Å². The molecule has 114 valence electrons. The van der Waals surface area contributed by atoms with Crippen LogP contribution in [0.4, 0.5) is 0 Å². The van der Waals surface area contributed by atoms with Gasteiger partial charge in [-0.05, 0) is 38.4 Å². The van der Waals surface area contributed by atoms with Gasteiger partial charge in [0.2, 0.25) is 5.91 Å². The molecule has 1 amide bonds. The van der Waals surface area contributed by atoms with Gasteiger partial charge in [0.15, 0.2) is 0 Å². The molecule has 0 bridgehead atoms. The smallest absolute Gasteiger partial charge is 0.223 e. The zero-order valence-corrected chi connectivity index (χ0v) is 13.6. The van der Waals surface area contributed by atoms with Gasteiger partial charge in [0.05, 0.1) is 16.8 Å². The molecule has 2 aromatic rings. The molecule has 3 rings (SSSR count). The first-order chi connectivity index (χ1) is 9.72. The third-order valence-electron chi connectivity index (χ3n) is 3.75. The van der Waals surface area contributed by atoms with Gasteiger partial charge < -0.3 is 10.6 Å². The summed E-state index contributed by atoms with van der Waals surface area (Å²) in [5, 5.41) is 7.37. The minimum absolute atomic E-state index is 0. The molecule has 1 fully saturated rings. The Labute approximate surface area is 134 Å². The van der Waals surface area contributed by atoms with E-state index in [1.54, 1.807) is 11.3 Å². The molecule has 2 heterocycles. The number of carbonyl (C=O) groups excluding carboxylic acids is 1. The Hall–Kier alpha value is -1.17. The number of amides is 1. The van der Waals surface area contributed by atoms with Crippen molar-refractivity contribution in [3.05, 3.63) is 29.3 Å². The molecule has 21 heavy (non-hydrogen) atoms. The average molecular weight is 326 g/mol. The van der Waals surface area contributed by atoms with Gasteiger partial charge in [0.25, 0.3) is 0 Å². The number of rotatable bonds is 3. The van der Waals surface area contributed by atoms with E-state index in [0.717, 1.165) is 29.9 Å². The van der Waals surface area contributed by atoms with Crippen molar-refractivity contribution in [2.45, 2.75) is 32.4 Å².